The molecule has 0 bridgehead atoms. The minimum Gasteiger partial charge on any atom is -0.459 e. The molecule has 0 amide bonds. The maximum Gasteiger partial charge on any atom is 0.384 e. The van der Waals surface area contributed by atoms with Crippen molar-refractivity contribution in [3.63, 3.8) is 0 Å². The molecule has 0 unspecified atom stereocenters. The van der Waals surface area contributed by atoms with Crippen LogP contribution in [-0.2, 0) is 9.53 Å². The molecular formula is C7H5NO2S. The molecule has 0 spiro atoms. The van der Waals surface area contributed by atoms with E-state index in [4.69, 9.17) is 0 Å². The second kappa shape index (κ2) is 3.74. The van der Waals surface area contributed by atoms with Crippen LogP contribution in [0.2, 0.25) is 0 Å². The maximum absolute atomic E-state index is 10.5. The van der Waals surface area contributed by atoms with Gasteiger partial charge in [-0.05, 0) is 5.92 Å². The Kier molecular flexibility index (Phi) is 2.64. The van der Waals surface area contributed by atoms with Crippen molar-refractivity contribution < 1.29 is 9.53 Å². The first-order valence-electron chi connectivity index (χ1n) is 2.81. The summed E-state index contributed by atoms with van der Waals surface area (Å²) in [6.07, 6.45) is 0. The Labute approximate surface area is 68.0 Å². The smallest absolute Gasteiger partial charge is 0.384 e. The van der Waals surface area contributed by atoms with E-state index in [0.717, 1.165) is 0 Å². The number of thiazole rings is 1. The fourth-order valence-electron chi connectivity index (χ4n) is 0.440. The minimum atomic E-state index is -0.544. The highest BCUT2D eigenvalue weighted by molar-refractivity contribution is 7.07. The fourth-order valence-corrected chi connectivity index (χ4v) is 0.924. The number of hydrogen-bond donors (Lipinski definition) is 0. The molecule has 0 saturated heterocycles. The third kappa shape index (κ3) is 2.40. The Balaban J connectivity index is 2.66. The first-order valence-corrected chi connectivity index (χ1v) is 3.75. The lowest BCUT2D eigenvalue weighted by atomic mass is 10.5. The van der Waals surface area contributed by atoms with Gasteiger partial charge in [-0.2, -0.15) is 0 Å². The number of ether oxygens (including phenoxy) is 1. The van der Waals surface area contributed by atoms with E-state index in [1.807, 2.05) is 0 Å². The summed E-state index contributed by atoms with van der Waals surface area (Å²) in [5.74, 6) is 4.27. The van der Waals surface area contributed by atoms with E-state index in [1.165, 1.54) is 18.4 Å². The lowest BCUT2D eigenvalue weighted by Gasteiger charge is -1.82. The van der Waals surface area contributed by atoms with Gasteiger partial charge in [0, 0.05) is 11.3 Å². The van der Waals surface area contributed by atoms with Crippen LogP contribution in [0.4, 0.5) is 0 Å². The molecule has 0 aliphatic heterocycles. The zero-order valence-corrected chi connectivity index (χ0v) is 6.64. The SMILES string of the molecule is COC(=O)C#Cc1cscn1. The number of hydrogen-bond acceptors (Lipinski definition) is 4. The van der Waals surface area contributed by atoms with Crippen molar-refractivity contribution in [2.75, 3.05) is 7.11 Å². The Morgan fingerprint density at radius 3 is 3.18 bits per heavy atom. The van der Waals surface area contributed by atoms with Gasteiger partial charge < -0.3 is 4.74 Å². The Morgan fingerprint density at radius 1 is 1.82 bits per heavy atom. The van der Waals surface area contributed by atoms with Gasteiger partial charge in [0.05, 0.1) is 12.6 Å². The molecule has 0 saturated carbocycles. The lowest BCUT2D eigenvalue weighted by Crippen LogP contribution is -1.94. The van der Waals surface area contributed by atoms with Gasteiger partial charge in [0.15, 0.2) is 0 Å². The average molecular weight is 167 g/mol. The standard InChI is InChI=1S/C7H5NO2S/c1-10-7(9)3-2-6-4-11-5-8-6/h4-5H,1H3. The van der Waals surface area contributed by atoms with Crippen LogP contribution >= 0.6 is 11.3 Å². The van der Waals surface area contributed by atoms with Crippen LogP contribution in [0.3, 0.4) is 0 Å². The van der Waals surface area contributed by atoms with Crippen LogP contribution in [-0.4, -0.2) is 18.1 Å². The summed E-state index contributed by atoms with van der Waals surface area (Å²) in [4.78, 5) is 14.3. The second-order valence-corrected chi connectivity index (χ2v) is 2.33. The Bertz CT molecular complexity index is 294. The van der Waals surface area contributed by atoms with Crippen molar-refractivity contribution in [3.8, 4) is 11.8 Å². The van der Waals surface area contributed by atoms with E-state index >= 15 is 0 Å². The molecule has 0 fully saturated rings. The van der Waals surface area contributed by atoms with E-state index in [-0.39, 0.29) is 0 Å². The first kappa shape index (κ1) is 7.76. The molecule has 1 aromatic rings. The van der Waals surface area contributed by atoms with Gasteiger partial charge in [-0.1, -0.05) is 0 Å². The summed E-state index contributed by atoms with van der Waals surface area (Å²) in [6, 6.07) is 0. The summed E-state index contributed by atoms with van der Waals surface area (Å²) in [6.45, 7) is 0. The third-order valence-electron chi connectivity index (χ3n) is 0.910. The van der Waals surface area contributed by atoms with Gasteiger partial charge >= 0.3 is 5.97 Å². The summed E-state index contributed by atoms with van der Waals surface area (Å²) < 4.78 is 4.31. The van der Waals surface area contributed by atoms with Crippen molar-refractivity contribution in [2.45, 2.75) is 0 Å². The zero-order valence-electron chi connectivity index (χ0n) is 5.83. The molecule has 0 radical (unpaired) electrons. The second-order valence-electron chi connectivity index (χ2n) is 1.62. The Hall–Kier alpha value is -1.34. The van der Waals surface area contributed by atoms with Gasteiger partial charge in [0.25, 0.3) is 0 Å². The van der Waals surface area contributed by atoms with E-state index in [2.05, 4.69) is 21.6 Å². The molecule has 0 aliphatic carbocycles. The number of aromatic nitrogens is 1. The number of nitrogens with zero attached hydrogens (tertiary/aromatic N) is 1. The normalized spacial score (nSPS) is 8.09. The molecule has 4 heteroatoms. The van der Waals surface area contributed by atoms with Crippen LogP contribution in [0.5, 0.6) is 0 Å². The molecule has 1 heterocycles. The molecule has 1 aromatic heterocycles. The number of methoxy groups -OCH3 is 1. The lowest BCUT2D eigenvalue weighted by molar-refractivity contribution is -0.133. The summed E-state index contributed by atoms with van der Waals surface area (Å²) >= 11 is 1.43. The zero-order chi connectivity index (χ0) is 8.10. The highest BCUT2D eigenvalue weighted by atomic mass is 32.1. The Morgan fingerprint density at radius 2 is 2.64 bits per heavy atom. The minimum absolute atomic E-state index is 0.544. The van der Waals surface area contributed by atoms with Crippen molar-refractivity contribution in [2.24, 2.45) is 0 Å². The van der Waals surface area contributed by atoms with Gasteiger partial charge in [-0.3, -0.25) is 0 Å². The topological polar surface area (TPSA) is 39.2 Å². The summed E-state index contributed by atoms with van der Waals surface area (Å²) in [7, 11) is 1.29. The van der Waals surface area contributed by atoms with Crippen molar-refractivity contribution in [1.82, 2.24) is 4.98 Å². The van der Waals surface area contributed by atoms with Crippen molar-refractivity contribution in [1.29, 1.82) is 0 Å². The molecule has 11 heavy (non-hydrogen) atoms. The van der Waals surface area contributed by atoms with Gasteiger partial charge in [-0.15, -0.1) is 11.3 Å². The molecule has 1 rings (SSSR count). The van der Waals surface area contributed by atoms with Crippen LogP contribution in [0.1, 0.15) is 5.69 Å². The fraction of sp³-hybridized carbons (Fsp3) is 0.143. The first-order chi connectivity index (χ1) is 5.33. The number of rotatable bonds is 0. The quantitative estimate of drug-likeness (QED) is 0.421. The predicted molar refractivity (Wildman–Crippen MR) is 41.0 cm³/mol. The average Bonchev–Trinajstić information content (AvgIpc) is 2.52. The van der Waals surface area contributed by atoms with E-state index in [0.29, 0.717) is 5.69 Å². The maximum atomic E-state index is 10.5. The van der Waals surface area contributed by atoms with Gasteiger partial charge in [-0.25, -0.2) is 9.78 Å². The summed E-state index contributed by atoms with van der Waals surface area (Å²) in [5.41, 5.74) is 2.25. The van der Waals surface area contributed by atoms with Gasteiger partial charge in [0.1, 0.15) is 5.69 Å². The van der Waals surface area contributed by atoms with Crippen LogP contribution < -0.4 is 0 Å². The molecule has 56 valence electrons. The molecule has 0 atom stereocenters. The van der Waals surface area contributed by atoms with Gasteiger partial charge in [0.2, 0.25) is 0 Å². The van der Waals surface area contributed by atoms with Crippen molar-refractivity contribution >= 4 is 17.3 Å². The summed E-state index contributed by atoms with van der Waals surface area (Å²) in [5, 5.41) is 1.76. The highest BCUT2D eigenvalue weighted by Crippen LogP contribution is 1.97. The number of carbonyl (C=O) groups excluding carboxylic acids is 1. The van der Waals surface area contributed by atoms with E-state index < -0.39 is 5.97 Å². The van der Waals surface area contributed by atoms with Crippen molar-refractivity contribution in [3.05, 3.63) is 16.6 Å². The monoisotopic (exact) mass is 167 g/mol. The number of carbonyl (C=O) groups is 1. The van der Waals surface area contributed by atoms with E-state index in [9.17, 15) is 4.79 Å². The predicted octanol–water partition coefficient (Wildman–Crippen LogP) is 0.668. The van der Waals surface area contributed by atoms with E-state index in [1.54, 1.807) is 10.9 Å². The molecule has 0 aromatic carbocycles. The van der Waals surface area contributed by atoms with Crippen LogP contribution in [0, 0.1) is 11.8 Å². The third-order valence-corrected chi connectivity index (χ3v) is 1.50. The molecular weight excluding hydrogens is 162 g/mol. The highest BCUT2D eigenvalue weighted by Gasteiger charge is 1.90. The van der Waals surface area contributed by atoms with Crippen LogP contribution in [0.15, 0.2) is 10.9 Å². The number of esters is 1. The largest absolute Gasteiger partial charge is 0.459 e. The molecule has 0 aliphatic rings. The molecule has 3 nitrogen and oxygen atoms in total. The van der Waals surface area contributed by atoms with Crippen LogP contribution in [0.25, 0.3) is 0 Å². The molecule has 0 N–H and O–H groups in total.